The number of quaternary nitrogens is 1. The number of nitro groups is 1. The lowest BCUT2D eigenvalue weighted by molar-refractivity contribution is -0.884. The summed E-state index contributed by atoms with van der Waals surface area (Å²) in [4.78, 5) is 9.85. The first kappa shape index (κ1) is 15.1. The van der Waals surface area contributed by atoms with Crippen molar-refractivity contribution < 1.29 is 14.5 Å². The van der Waals surface area contributed by atoms with Crippen LogP contribution in [0.25, 0.3) is 0 Å². The van der Waals surface area contributed by atoms with Crippen molar-refractivity contribution in [2.45, 2.75) is 6.54 Å². The standard InChI is InChI=1S/C10H14N2O3.HI/c1-12(2,3)7-8-4-5-9(11(14)15)6-10(8)13;/h4-6H,7H2,1-3H3;1H. The summed E-state index contributed by atoms with van der Waals surface area (Å²) in [6, 6.07) is 3.97. The van der Waals surface area contributed by atoms with E-state index in [0.29, 0.717) is 16.6 Å². The molecule has 0 saturated heterocycles. The molecule has 0 aromatic heterocycles. The van der Waals surface area contributed by atoms with Crippen molar-refractivity contribution in [2.24, 2.45) is 0 Å². The molecule has 0 bridgehead atoms. The van der Waals surface area contributed by atoms with Gasteiger partial charge in [-0.1, -0.05) is 5.75 Å². The fraction of sp³-hybridized carbons (Fsp3) is 0.400. The summed E-state index contributed by atoms with van der Waals surface area (Å²) in [6.07, 6.45) is 0. The highest BCUT2D eigenvalue weighted by atomic mass is 127. The van der Waals surface area contributed by atoms with Crippen LogP contribution in [0.5, 0.6) is 5.75 Å². The fourth-order valence-corrected chi connectivity index (χ4v) is 1.30. The lowest BCUT2D eigenvalue weighted by Gasteiger charge is -2.26. The molecule has 16 heavy (non-hydrogen) atoms. The maximum atomic E-state index is 11.5. The molecule has 5 nitrogen and oxygen atoms in total. The number of hydrogen-bond donors (Lipinski definition) is 0. The third-order valence-electron chi connectivity index (χ3n) is 1.91. The van der Waals surface area contributed by atoms with Gasteiger partial charge in [-0.15, -0.1) is 24.0 Å². The number of benzene rings is 1. The Morgan fingerprint density at radius 2 is 1.88 bits per heavy atom. The molecule has 0 unspecified atom stereocenters. The molecule has 0 aliphatic carbocycles. The van der Waals surface area contributed by atoms with Crippen LogP contribution in [0.15, 0.2) is 18.2 Å². The van der Waals surface area contributed by atoms with Gasteiger partial charge in [0.2, 0.25) is 0 Å². The van der Waals surface area contributed by atoms with E-state index in [-0.39, 0.29) is 35.4 Å². The van der Waals surface area contributed by atoms with E-state index < -0.39 is 4.92 Å². The van der Waals surface area contributed by atoms with Crippen molar-refractivity contribution in [1.29, 1.82) is 0 Å². The quantitative estimate of drug-likeness (QED) is 0.363. The number of nitrogens with zero attached hydrogens (tertiary/aromatic N) is 2. The molecular weight excluding hydrogens is 323 g/mol. The first-order valence-electron chi connectivity index (χ1n) is 4.54. The monoisotopic (exact) mass is 338 g/mol. The molecule has 0 saturated carbocycles. The molecule has 1 aromatic rings. The molecule has 0 heterocycles. The molecular formula is C10H15IN2O3. The lowest BCUT2D eigenvalue weighted by Crippen LogP contribution is -2.33. The molecule has 0 amide bonds. The van der Waals surface area contributed by atoms with Gasteiger partial charge in [0.25, 0.3) is 5.69 Å². The normalized spacial score (nSPS) is 10.7. The van der Waals surface area contributed by atoms with Crippen LogP contribution >= 0.6 is 24.0 Å². The summed E-state index contributed by atoms with van der Waals surface area (Å²) in [5.74, 6) is -0.266. The predicted molar refractivity (Wildman–Crippen MR) is 69.7 cm³/mol. The summed E-state index contributed by atoms with van der Waals surface area (Å²) in [5, 5.41) is 21.9. The smallest absolute Gasteiger partial charge is 0.268 e. The van der Waals surface area contributed by atoms with Gasteiger partial charge in [0, 0.05) is 12.1 Å². The Morgan fingerprint density at radius 3 is 2.25 bits per heavy atom. The van der Waals surface area contributed by atoms with Gasteiger partial charge in [0.1, 0.15) is 6.54 Å². The number of hydrogen-bond acceptors (Lipinski definition) is 3. The van der Waals surface area contributed by atoms with Crippen molar-refractivity contribution in [3.8, 4) is 5.75 Å². The molecule has 0 spiro atoms. The Bertz CT molecular complexity index is 388. The van der Waals surface area contributed by atoms with Crippen LogP contribution in [-0.2, 0) is 6.54 Å². The zero-order chi connectivity index (χ0) is 11.6. The third-order valence-corrected chi connectivity index (χ3v) is 1.91. The average Bonchev–Trinajstić information content (AvgIpc) is 2.05. The van der Waals surface area contributed by atoms with Gasteiger partial charge >= 0.3 is 0 Å². The van der Waals surface area contributed by atoms with Gasteiger partial charge in [-0.25, -0.2) is 0 Å². The van der Waals surface area contributed by atoms with Crippen molar-refractivity contribution in [2.75, 3.05) is 21.1 Å². The Hall–Kier alpha value is -0.890. The van der Waals surface area contributed by atoms with Gasteiger partial charge in [-0.05, 0) is 11.6 Å². The SMILES string of the molecule is C[N+](C)(C)Cc1ccc([N+](=O)[O-])cc1[O-].I. The maximum Gasteiger partial charge on any atom is 0.268 e. The van der Waals surface area contributed by atoms with Crippen LogP contribution in [0.2, 0.25) is 0 Å². The van der Waals surface area contributed by atoms with E-state index in [0.717, 1.165) is 6.07 Å². The first-order valence-corrected chi connectivity index (χ1v) is 4.54. The number of non-ortho nitro benzene ring substituents is 1. The minimum absolute atomic E-state index is 0. The number of halogens is 1. The molecule has 0 radical (unpaired) electrons. The second-order valence-corrected chi connectivity index (χ2v) is 4.50. The lowest BCUT2D eigenvalue weighted by atomic mass is 10.1. The Balaban J connectivity index is 0.00000225. The molecule has 0 atom stereocenters. The highest BCUT2D eigenvalue weighted by Crippen LogP contribution is 2.22. The summed E-state index contributed by atoms with van der Waals surface area (Å²) in [5.41, 5.74) is 0.457. The zero-order valence-corrected chi connectivity index (χ0v) is 11.8. The van der Waals surface area contributed by atoms with Gasteiger partial charge in [-0.2, -0.15) is 0 Å². The first-order chi connectivity index (χ1) is 6.79. The van der Waals surface area contributed by atoms with Crippen LogP contribution in [0.3, 0.4) is 0 Å². The van der Waals surface area contributed by atoms with Crippen LogP contribution in [-0.4, -0.2) is 30.5 Å². The van der Waals surface area contributed by atoms with Gasteiger partial charge in [0.15, 0.2) is 0 Å². The summed E-state index contributed by atoms with van der Waals surface area (Å²) in [6.45, 7) is 0.566. The Morgan fingerprint density at radius 1 is 1.31 bits per heavy atom. The fourth-order valence-electron chi connectivity index (χ4n) is 1.30. The minimum Gasteiger partial charge on any atom is -0.872 e. The molecule has 6 heteroatoms. The third kappa shape index (κ3) is 4.31. The van der Waals surface area contributed by atoms with Crippen molar-refractivity contribution in [3.63, 3.8) is 0 Å². The van der Waals surface area contributed by atoms with Gasteiger partial charge < -0.3 is 9.59 Å². The van der Waals surface area contributed by atoms with Gasteiger partial charge in [-0.3, -0.25) is 10.1 Å². The Kier molecular flexibility index (Phi) is 5.14. The van der Waals surface area contributed by atoms with Crippen molar-refractivity contribution >= 4 is 29.7 Å². The highest BCUT2D eigenvalue weighted by molar-refractivity contribution is 14.0. The second kappa shape index (κ2) is 5.44. The summed E-state index contributed by atoms with van der Waals surface area (Å²) in [7, 11) is 5.88. The van der Waals surface area contributed by atoms with E-state index >= 15 is 0 Å². The van der Waals surface area contributed by atoms with Crippen molar-refractivity contribution in [1.82, 2.24) is 0 Å². The molecule has 90 valence electrons. The van der Waals surface area contributed by atoms with E-state index in [4.69, 9.17) is 0 Å². The van der Waals surface area contributed by atoms with Crippen molar-refractivity contribution in [3.05, 3.63) is 33.9 Å². The molecule has 1 rings (SSSR count). The highest BCUT2D eigenvalue weighted by Gasteiger charge is 2.11. The topological polar surface area (TPSA) is 66.2 Å². The predicted octanol–water partition coefficient (Wildman–Crippen LogP) is 1.49. The number of nitro benzene ring substituents is 1. The minimum atomic E-state index is -0.558. The largest absolute Gasteiger partial charge is 0.872 e. The molecule has 0 fully saturated rings. The number of rotatable bonds is 3. The van der Waals surface area contributed by atoms with E-state index in [1.165, 1.54) is 12.1 Å². The summed E-state index contributed by atoms with van der Waals surface area (Å²) >= 11 is 0. The van der Waals surface area contributed by atoms with Crippen LogP contribution < -0.4 is 5.11 Å². The molecule has 0 aliphatic rings. The van der Waals surface area contributed by atoms with E-state index in [2.05, 4.69) is 0 Å². The molecule has 0 aliphatic heterocycles. The van der Waals surface area contributed by atoms with E-state index in [1.807, 2.05) is 21.1 Å². The second-order valence-electron chi connectivity index (χ2n) is 4.50. The maximum absolute atomic E-state index is 11.5. The summed E-state index contributed by atoms with van der Waals surface area (Å²) < 4.78 is 0.618. The average molecular weight is 338 g/mol. The molecule has 0 N–H and O–H groups in total. The van der Waals surface area contributed by atoms with Gasteiger partial charge in [0.05, 0.1) is 26.1 Å². The van der Waals surface area contributed by atoms with E-state index in [9.17, 15) is 15.2 Å². The van der Waals surface area contributed by atoms with E-state index in [1.54, 1.807) is 0 Å². The zero-order valence-electron chi connectivity index (χ0n) is 9.47. The Labute approximate surface area is 111 Å². The van der Waals surface area contributed by atoms with Crippen LogP contribution in [0.4, 0.5) is 5.69 Å². The van der Waals surface area contributed by atoms with Crippen LogP contribution in [0, 0.1) is 10.1 Å². The molecule has 1 aromatic carbocycles. The van der Waals surface area contributed by atoms with Crippen LogP contribution in [0.1, 0.15) is 5.56 Å².